The maximum absolute atomic E-state index is 13.3. The highest BCUT2D eigenvalue weighted by Crippen LogP contribution is 2.25. The summed E-state index contributed by atoms with van der Waals surface area (Å²) in [4.78, 5) is 19.5. The fourth-order valence-electron chi connectivity index (χ4n) is 3.61. The maximum Gasteiger partial charge on any atom is 0.257 e. The zero-order chi connectivity index (χ0) is 18.8. The van der Waals surface area contributed by atoms with Crippen molar-refractivity contribution in [1.29, 1.82) is 0 Å². The predicted octanol–water partition coefficient (Wildman–Crippen LogP) is 2.67. The average molecular weight is 361 g/mol. The lowest BCUT2D eigenvalue weighted by atomic mass is 10.0. The van der Waals surface area contributed by atoms with Gasteiger partial charge in [0.1, 0.15) is 0 Å². The molecule has 3 heterocycles. The number of hydrogen-bond acceptors (Lipinski definition) is 4. The first kappa shape index (κ1) is 17.4. The third-order valence-corrected chi connectivity index (χ3v) is 5.06. The van der Waals surface area contributed by atoms with Crippen LogP contribution in [-0.4, -0.2) is 45.2 Å². The fraction of sp³-hybridized carbons (Fsp3) is 0.286. The van der Waals surface area contributed by atoms with Crippen LogP contribution in [0.5, 0.6) is 0 Å². The van der Waals surface area contributed by atoms with Gasteiger partial charge in [0, 0.05) is 32.0 Å². The van der Waals surface area contributed by atoms with Crippen LogP contribution in [-0.2, 0) is 0 Å². The number of piperazine rings is 1. The molecule has 1 atom stereocenters. The molecule has 0 saturated carbocycles. The molecule has 3 aromatic rings. The van der Waals surface area contributed by atoms with Gasteiger partial charge < -0.3 is 10.2 Å². The van der Waals surface area contributed by atoms with Crippen LogP contribution in [0.2, 0.25) is 0 Å². The van der Waals surface area contributed by atoms with Gasteiger partial charge in [-0.25, -0.2) is 4.68 Å². The molecule has 1 aliphatic rings. The molecule has 0 bridgehead atoms. The Bertz CT molecular complexity index is 950. The second-order valence-electron chi connectivity index (χ2n) is 6.90. The number of hydrogen-bond donors (Lipinski definition) is 1. The van der Waals surface area contributed by atoms with Crippen molar-refractivity contribution in [1.82, 2.24) is 25.0 Å². The summed E-state index contributed by atoms with van der Waals surface area (Å²) in [5.74, 6) is 0.0155. The minimum atomic E-state index is -0.0262. The number of amides is 1. The van der Waals surface area contributed by atoms with E-state index in [1.165, 1.54) is 0 Å². The molecule has 1 N–H and O–H groups in total. The van der Waals surface area contributed by atoms with E-state index in [9.17, 15) is 4.79 Å². The van der Waals surface area contributed by atoms with E-state index < -0.39 is 0 Å². The van der Waals surface area contributed by atoms with Crippen molar-refractivity contribution in [2.24, 2.45) is 0 Å². The average Bonchev–Trinajstić information content (AvgIpc) is 3.09. The van der Waals surface area contributed by atoms with Crippen LogP contribution in [0.3, 0.4) is 0 Å². The van der Waals surface area contributed by atoms with Crippen molar-refractivity contribution in [3.05, 3.63) is 77.4 Å². The minimum Gasteiger partial charge on any atom is -0.329 e. The molecule has 1 fully saturated rings. The molecule has 27 heavy (non-hydrogen) atoms. The largest absolute Gasteiger partial charge is 0.329 e. The Kier molecular flexibility index (Phi) is 4.73. The first-order chi connectivity index (χ1) is 13.1. The quantitative estimate of drug-likeness (QED) is 0.779. The molecule has 0 spiro atoms. The van der Waals surface area contributed by atoms with Crippen LogP contribution in [0.4, 0.5) is 0 Å². The van der Waals surface area contributed by atoms with E-state index in [4.69, 9.17) is 0 Å². The number of carbonyl (C=O) groups is 1. The molecule has 1 amide bonds. The Morgan fingerprint density at radius 1 is 1.19 bits per heavy atom. The summed E-state index contributed by atoms with van der Waals surface area (Å²) < 4.78 is 1.83. The van der Waals surface area contributed by atoms with Crippen LogP contribution >= 0.6 is 0 Å². The molecule has 6 nitrogen and oxygen atoms in total. The highest BCUT2D eigenvalue weighted by atomic mass is 16.2. The number of aryl methyl sites for hydroxylation is 1. The minimum absolute atomic E-state index is 0.0155. The van der Waals surface area contributed by atoms with Gasteiger partial charge in [-0.15, -0.1) is 0 Å². The Hall–Kier alpha value is -2.99. The van der Waals surface area contributed by atoms with Crippen LogP contribution in [0.1, 0.15) is 33.2 Å². The van der Waals surface area contributed by atoms with Gasteiger partial charge in [-0.05, 0) is 43.2 Å². The fourth-order valence-corrected chi connectivity index (χ4v) is 3.61. The van der Waals surface area contributed by atoms with Crippen molar-refractivity contribution in [2.45, 2.75) is 19.9 Å². The third-order valence-electron chi connectivity index (χ3n) is 5.06. The lowest BCUT2D eigenvalue weighted by Crippen LogP contribution is -2.48. The first-order valence-corrected chi connectivity index (χ1v) is 9.18. The van der Waals surface area contributed by atoms with Gasteiger partial charge in [0.25, 0.3) is 5.91 Å². The van der Waals surface area contributed by atoms with E-state index in [1.54, 1.807) is 12.4 Å². The molecule has 1 saturated heterocycles. The smallest absolute Gasteiger partial charge is 0.257 e. The monoisotopic (exact) mass is 361 g/mol. The van der Waals surface area contributed by atoms with E-state index in [0.717, 1.165) is 35.6 Å². The van der Waals surface area contributed by atoms with Gasteiger partial charge >= 0.3 is 0 Å². The summed E-state index contributed by atoms with van der Waals surface area (Å²) in [6, 6.07) is 12.0. The number of pyridine rings is 1. The number of benzene rings is 1. The van der Waals surface area contributed by atoms with Crippen LogP contribution in [0, 0.1) is 13.8 Å². The second kappa shape index (κ2) is 7.32. The summed E-state index contributed by atoms with van der Waals surface area (Å²) >= 11 is 0. The second-order valence-corrected chi connectivity index (χ2v) is 6.90. The molecule has 2 aromatic heterocycles. The summed E-state index contributed by atoms with van der Waals surface area (Å²) in [5, 5.41) is 7.86. The lowest BCUT2D eigenvalue weighted by molar-refractivity contribution is 0.0633. The van der Waals surface area contributed by atoms with Crippen molar-refractivity contribution < 1.29 is 4.79 Å². The molecule has 0 radical (unpaired) electrons. The normalized spacial score (nSPS) is 17.1. The molecule has 6 heteroatoms. The van der Waals surface area contributed by atoms with Crippen molar-refractivity contribution in [3.8, 4) is 5.69 Å². The van der Waals surface area contributed by atoms with Crippen molar-refractivity contribution >= 4 is 5.91 Å². The van der Waals surface area contributed by atoms with E-state index in [2.05, 4.69) is 21.5 Å². The Labute approximate surface area is 158 Å². The molecule has 1 unspecified atom stereocenters. The number of nitrogens with one attached hydrogen (secondary N) is 1. The Morgan fingerprint density at radius 3 is 2.85 bits per heavy atom. The lowest BCUT2D eigenvalue weighted by Gasteiger charge is -2.36. The highest BCUT2D eigenvalue weighted by molar-refractivity contribution is 5.95. The molecule has 1 aliphatic heterocycles. The van der Waals surface area contributed by atoms with Crippen LogP contribution in [0.25, 0.3) is 5.69 Å². The van der Waals surface area contributed by atoms with Gasteiger partial charge in [-0.3, -0.25) is 9.78 Å². The Balaban J connectivity index is 1.66. The SMILES string of the molecule is Cc1cccc(-n2ncc(C(=O)N3CCNCC3c3cccnc3)c2C)c1. The van der Waals surface area contributed by atoms with E-state index in [1.807, 2.05) is 60.0 Å². The number of aromatic nitrogens is 3. The molecule has 0 aliphatic carbocycles. The highest BCUT2D eigenvalue weighted by Gasteiger charge is 2.30. The van der Waals surface area contributed by atoms with Crippen molar-refractivity contribution in [2.75, 3.05) is 19.6 Å². The number of carbonyl (C=O) groups excluding carboxylic acids is 1. The van der Waals surface area contributed by atoms with Crippen molar-refractivity contribution in [3.63, 3.8) is 0 Å². The third kappa shape index (κ3) is 3.36. The summed E-state index contributed by atoms with van der Waals surface area (Å²) in [6.45, 7) is 6.17. The van der Waals surface area contributed by atoms with Gasteiger partial charge in [0.15, 0.2) is 0 Å². The van der Waals surface area contributed by atoms with E-state index >= 15 is 0 Å². The summed E-state index contributed by atoms with van der Waals surface area (Å²) in [7, 11) is 0. The number of nitrogens with zero attached hydrogens (tertiary/aromatic N) is 4. The molecule has 4 rings (SSSR count). The standard InChI is InChI=1S/C21H23N5O/c1-15-5-3-7-18(11-15)26-16(2)19(13-24-26)21(27)25-10-9-23-14-20(25)17-6-4-8-22-12-17/h3-8,11-13,20,23H,9-10,14H2,1-2H3. The zero-order valence-electron chi connectivity index (χ0n) is 15.6. The molecular formula is C21H23N5O. The molecule has 138 valence electrons. The predicted molar refractivity (Wildman–Crippen MR) is 104 cm³/mol. The van der Waals surface area contributed by atoms with Gasteiger partial charge in [-0.2, -0.15) is 5.10 Å². The van der Waals surface area contributed by atoms with E-state index in [-0.39, 0.29) is 11.9 Å². The van der Waals surface area contributed by atoms with E-state index in [0.29, 0.717) is 12.1 Å². The van der Waals surface area contributed by atoms with Crippen LogP contribution < -0.4 is 5.32 Å². The maximum atomic E-state index is 13.3. The van der Waals surface area contributed by atoms with Gasteiger partial charge in [0.2, 0.25) is 0 Å². The summed E-state index contributed by atoms with van der Waals surface area (Å²) in [6.07, 6.45) is 5.27. The summed E-state index contributed by atoms with van der Waals surface area (Å²) in [5.41, 5.74) is 4.67. The first-order valence-electron chi connectivity index (χ1n) is 9.18. The Morgan fingerprint density at radius 2 is 2.07 bits per heavy atom. The molecule has 1 aromatic carbocycles. The topological polar surface area (TPSA) is 63.1 Å². The zero-order valence-corrected chi connectivity index (χ0v) is 15.6. The van der Waals surface area contributed by atoms with Gasteiger partial charge in [-0.1, -0.05) is 18.2 Å². The van der Waals surface area contributed by atoms with Crippen LogP contribution in [0.15, 0.2) is 55.0 Å². The molecular weight excluding hydrogens is 338 g/mol. The number of rotatable bonds is 3. The van der Waals surface area contributed by atoms with Gasteiger partial charge in [0.05, 0.1) is 29.2 Å².